The molecule has 0 saturated heterocycles. The Bertz CT molecular complexity index is 1670. The van der Waals surface area contributed by atoms with E-state index in [1.807, 2.05) is 14.0 Å². The van der Waals surface area contributed by atoms with Gasteiger partial charge in [0.25, 0.3) is 0 Å². The van der Waals surface area contributed by atoms with E-state index >= 15 is 0 Å². The Hall–Kier alpha value is -3.92. The highest BCUT2D eigenvalue weighted by Crippen LogP contribution is 2.28. The van der Waals surface area contributed by atoms with Gasteiger partial charge in [0.1, 0.15) is 11.6 Å². The predicted octanol–water partition coefficient (Wildman–Crippen LogP) is 4.34. The first kappa shape index (κ1) is 23.8. The molecule has 0 bridgehead atoms. The first-order chi connectivity index (χ1) is 17.3. The molecule has 0 aliphatic heterocycles. The van der Waals surface area contributed by atoms with Gasteiger partial charge in [0.15, 0.2) is 17.2 Å². The second kappa shape index (κ2) is 9.27. The van der Waals surface area contributed by atoms with Gasteiger partial charge in [-0.15, -0.1) is 0 Å². The second-order valence-electron chi connectivity index (χ2n) is 8.60. The molecule has 3 heterocycles. The van der Waals surface area contributed by atoms with Gasteiger partial charge in [-0.3, -0.25) is 9.67 Å². The van der Waals surface area contributed by atoms with Gasteiger partial charge in [-0.25, -0.2) is 14.2 Å². The Morgan fingerprint density at radius 2 is 2.06 bits per heavy atom. The van der Waals surface area contributed by atoms with Crippen molar-refractivity contribution in [2.45, 2.75) is 33.4 Å². The highest BCUT2D eigenvalue weighted by molar-refractivity contribution is 6.31. The number of hydrogen-bond acceptors (Lipinski definition) is 6. The van der Waals surface area contributed by atoms with Crippen LogP contribution in [0.2, 0.25) is 5.02 Å². The van der Waals surface area contributed by atoms with Crippen LogP contribution in [0.25, 0.3) is 22.1 Å². The number of benzene rings is 2. The fraction of sp³-hybridized carbons (Fsp3) is 0.280. The van der Waals surface area contributed by atoms with Crippen LogP contribution >= 0.6 is 11.6 Å². The van der Waals surface area contributed by atoms with E-state index in [1.165, 1.54) is 13.2 Å². The molecule has 0 radical (unpaired) electrons. The smallest absolute Gasteiger partial charge is 0.348 e. The van der Waals surface area contributed by atoms with Gasteiger partial charge in [0, 0.05) is 36.8 Å². The number of aryl methyl sites for hydroxylation is 3. The van der Waals surface area contributed by atoms with E-state index < -0.39 is 11.5 Å². The average Bonchev–Trinajstić information content (AvgIpc) is 3.39. The van der Waals surface area contributed by atoms with Gasteiger partial charge >= 0.3 is 5.69 Å². The van der Waals surface area contributed by atoms with Gasteiger partial charge in [-0.2, -0.15) is 10.1 Å². The number of imidazole rings is 1. The number of halogens is 2. The lowest BCUT2D eigenvalue weighted by Gasteiger charge is -2.11. The average molecular weight is 510 g/mol. The summed E-state index contributed by atoms with van der Waals surface area (Å²) in [7, 11) is 3.40. The predicted molar refractivity (Wildman–Crippen MR) is 137 cm³/mol. The number of fused-ring (bicyclic) bond motifs is 2. The number of hydrogen-bond donors (Lipinski definition) is 2. The second-order valence-corrected chi connectivity index (χ2v) is 9.00. The lowest BCUT2D eigenvalue weighted by molar-refractivity contribution is 0.384. The lowest BCUT2D eigenvalue weighted by Crippen LogP contribution is -2.14. The van der Waals surface area contributed by atoms with Crippen LogP contribution in [0.4, 0.5) is 10.2 Å². The standard InChI is InChI=1S/C25H25ClFN7O2/c1-5-20-29-22-13(2)8-14(9-18(22)33(20)3)11-34-12-16-23(30-25(35)31-24(16)32-34)28-10-15-17(26)6-7-19(36-4)21(15)27/h6-9,12H,5,10-11H2,1-4H3,(H2,28,30,31,32,35). The van der Waals surface area contributed by atoms with E-state index in [4.69, 9.17) is 21.3 Å². The summed E-state index contributed by atoms with van der Waals surface area (Å²) in [4.78, 5) is 23.6. The molecule has 0 fully saturated rings. The number of H-pyrrole nitrogens is 1. The van der Waals surface area contributed by atoms with E-state index in [1.54, 1.807) is 16.9 Å². The van der Waals surface area contributed by atoms with Crippen molar-refractivity contribution in [1.29, 1.82) is 0 Å². The van der Waals surface area contributed by atoms with Gasteiger partial charge < -0.3 is 14.6 Å². The molecule has 11 heteroatoms. The molecule has 36 heavy (non-hydrogen) atoms. The summed E-state index contributed by atoms with van der Waals surface area (Å²) in [5.41, 5.74) is 4.22. The van der Waals surface area contributed by atoms with E-state index in [9.17, 15) is 9.18 Å². The van der Waals surface area contributed by atoms with Crippen molar-refractivity contribution in [2.24, 2.45) is 7.05 Å². The van der Waals surface area contributed by atoms with Crippen molar-refractivity contribution in [3.8, 4) is 5.75 Å². The lowest BCUT2D eigenvalue weighted by atomic mass is 10.1. The molecule has 0 spiro atoms. The molecule has 0 atom stereocenters. The molecule has 0 unspecified atom stereocenters. The SMILES string of the molecule is CCc1nc2c(C)cc(Cn3cc4c(NCc5c(Cl)ccc(OC)c5F)nc(=O)[nH]c4n3)cc2n1C. The minimum Gasteiger partial charge on any atom is -0.494 e. The summed E-state index contributed by atoms with van der Waals surface area (Å²) in [6.07, 6.45) is 2.65. The quantitative estimate of drug-likeness (QED) is 0.338. The normalized spacial score (nSPS) is 11.5. The van der Waals surface area contributed by atoms with E-state index in [0.717, 1.165) is 34.4 Å². The molecule has 9 nitrogen and oxygen atoms in total. The van der Waals surface area contributed by atoms with Crippen LogP contribution in [0.5, 0.6) is 5.75 Å². The summed E-state index contributed by atoms with van der Waals surface area (Å²) in [6.45, 7) is 4.62. The highest BCUT2D eigenvalue weighted by Gasteiger charge is 2.16. The van der Waals surface area contributed by atoms with Crippen molar-refractivity contribution < 1.29 is 9.13 Å². The molecule has 186 valence electrons. The Labute approximate surface area is 210 Å². The van der Waals surface area contributed by atoms with Crippen LogP contribution in [0.3, 0.4) is 0 Å². The molecule has 0 saturated carbocycles. The van der Waals surface area contributed by atoms with Crippen molar-refractivity contribution in [2.75, 3.05) is 12.4 Å². The molecular formula is C25H25ClFN7O2. The van der Waals surface area contributed by atoms with Crippen LogP contribution in [-0.4, -0.2) is 36.4 Å². The Morgan fingerprint density at radius 3 is 2.81 bits per heavy atom. The van der Waals surface area contributed by atoms with Crippen LogP contribution in [0.1, 0.15) is 29.4 Å². The Balaban J connectivity index is 1.47. The van der Waals surface area contributed by atoms with E-state index in [-0.39, 0.29) is 28.7 Å². The van der Waals surface area contributed by atoms with Crippen molar-refractivity contribution >= 4 is 39.5 Å². The first-order valence-corrected chi connectivity index (χ1v) is 11.8. The number of aromatic nitrogens is 6. The number of nitrogens with zero attached hydrogens (tertiary/aromatic N) is 5. The fourth-order valence-corrected chi connectivity index (χ4v) is 4.65. The number of anilines is 1. The van der Waals surface area contributed by atoms with Crippen molar-refractivity contribution in [1.82, 2.24) is 29.3 Å². The number of ether oxygens (including phenoxy) is 1. The molecule has 5 aromatic rings. The number of aromatic amines is 1. The Kier molecular flexibility index (Phi) is 6.13. The highest BCUT2D eigenvalue weighted by atomic mass is 35.5. The van der Waals surface area contributed by atoms with Crippen molar-refractivity contribution in [3.63, 3.8) is 0 Å². The summed E-state index contributed by atoms with van der Waals surface area (Å²) < 4.78 is 23.6. The first-order valence-electron chi connectivity index (χ1n) is 11.5. The monoisotopic (exact) mass is 509 g/mol. The molecule has 2 N–H and O–H groups in total. The number of nitrogens with one attached hydrogen (secondary N) is 2. The van der Waals surface area contributed by atoms with Crippen LogP contribution in [0.15, 0.2) is 35.3 Å². The topological polar surface area (TPSA) is 103 Å². The Morgan fingerprint density at radius 1 is 1.25 bits per heavy atom. The van der Waals surface area contributed by atoms with Crippen LogP contribution in [-0.2, 0) is 26.6 Å². The molecule has 2 aromatic carbocycles. The summed E-state index contributed by atoms with van der Waals surface area (Å²) in [6, 6.07) is 7.22. The van der Waals surface area contributed by atoms with E-state index in [2.05, 4.69) is 44.0 Å². The molecule has 3 aromatic heterocycles. The van der Waals surface area contributed by atoms with Crippen molar-refractivity contribution in [3.05, 3.63) is 74.3 Å². The summed E-state index contributed by atoms with van der Waals surface area (Å²) in [5, 5.41) is 8.41. The third-order valence-corrected chi connectivity index (χ3v) is 6.60. The van der Waals surface area contributed by atoms with Crippen LogP contribution in [0, 0.1) is 12.7 Å². The number of methoxy groups -OCH3 is 1. The van der Waals surface area contributed by atoms with Crippen LogP contribution < -0.4 is 15.7 Å². The van der Waals surface area contributed by atoms with E-state index in [0.29, 0.717) is 17.6 Å². The zero-order valence-electron chi connectivity index (χ0n) is 20.3. The minimum atomic E-state index is -0.568. The third kappa shape index (κ3) is 4.17. The summed E-state index contributed by atoms with van der Waals surface area (Å²) in [5.74, 6) is 0.826. The molecule has 0 aliphatic rings. The van der Waals surface area contributed by atoms with Gasteiger partial charge in [0.05, 0.1) is 30.1 Å². The molecule has 0 amide bonds. The fourth-order valence-electron chi connectivity index (χ4n) is 4.43. The maximum Gasteiger partial charge on any atom is 0.348 e. The molecule has 0 aliphatic carbocycles. The summed E-state index contributed by atoms with van der Waals surface area (Å²) >= 11 is 6.20. The zero-order valence-corrected chi connectivity index (χ0v) is 21.1. The molecule has 5 rings (SSSR count). The molecular weight excluding hydrogens is 485 g/mol. The van der Waals surface area contributed by atoms with Gasteiger partial charge in [-0.05, 0) is 36.2 Å². The minimum absolute atomic E-state index is 0.00864. The third-order valence-electron chi connectivity index (χ3n) is 6.25. The van der Waals surface area contributed by atoms with Gasteiger partial charge in [0.2, 0.25) is 0 Å². The number of rotatable bonds is 7. The van der Waals surface area contributed by atoms with Gasteiger partial charge in [-0.1, -0.05) is 24.6 Å². The zero-order chi connectivity index (χ0) is 25.6. The maximum atomic E-state index is 14.7. The largest absolute Gasteiger partial charge is 0.494 e. The maximum absolute atomic E-state index is 14.7.